The molecule has 96 valence electrons. The molecule has 0 bridgehead atoms. The minimum atomic E-state index is 0.624. The van der Waals surface area contributed by atoms with Crippen LogP contribution in [0.5, 0.6) is 0 Å². The number of halogens is 1. The van der Waals surface area contributed by atoms with Gasteiger partial charge in [-0.2, -0.15) is 23.5 Å². The zero-order chi connectivity index (χ0) is 12.5. The third kappa shape index (κ3) is 2.51. The minimum absolute atomic E-state index is 0.624. The number of nitrogens with zero attached hydrogens (tertiary/aromatic N) is 2. The van der Waals surface area contributed by atoms with Crippen molar-refractivity contribution in [1.82, 2.24) is 9.55 Å². The fourth-order valence-electron chi connectivity index (χ4n) is 2.16. The first-order valence-corrected chi connectivity index (χ1v) is 8.84. The number of aromatic nitrogens is 2. The molecule has 6 heteroatoms. The van der Waals surface area contributed by atoms with Gasteiger partial charge in [0.15, 0.2) is 0 Å². The second-order valence-electron chi connectivity index (χ2n) is 4.28. The summed E-state index contributed by atoms with van der Waals surface area (Å²) in [7, 11) is 0. The fourth-order valence-corrected chi connectivity index (χ4v) is 5.16. The van der Waals surface area contributed by atoms with Crippen molar-refractivity contribution >= 4 is 56.4 Å². The Hall–Kier alpha value is -0.330. The second kappa shape index (κ2) is 5.35. The van der Waals surface area contributed by atoms with Crippen LogP contribution in [0, 0.1) is 0 Å². The molecule has 18 heavy (non-hydrogen) atoms. The van der Waals surface area contributed by atoms with Crippen molar-refractivity contribution < 1.29 is 0 Å². The third-order valence-electron chi connectivity index (χ3n) is 3.01. The van der Waals surface area contributed by atoms with Gasteiger partial charge in [0.05, 0.1) is 11.0 Å². The van der Waals surface area contributed by atoms with Gasteiger partial charge >= 0.3 is 0 Å². The summed E-state index contributed by atoms with van der Waals surface area (Å²) in [5.74, 6) is 4.35. The van der Waals surface area contributed by atoms with E-state index in [0.29, 0.717) is 11.2 Å². The van der Waals surface area contributed by atoms with Crippen LogP contribution in [0.4, 0.5) is 5.95 Å². The predicted octanol–water partition coefficient (Wildman–Crippen LogP) is 3.23. The van der Waals surface area contributed by atoms with Gasteiger partial charge in [-0.05, 0) is 18.2 Å². The summed E-state index contributed by atoms with van der Waals surface area (Å²) in [5, 5.41) is 0.645. The SMILES string of the molecule is Nc1nc2cc(Br)ccc2n1CC1CSCCS1. The summed E-state index contributed by atoms with van der Waals surface area (Å²) in [6.07, 6.45) is 0. The topological polar surface area (TPSA) is 43.8 Å². The van der Waals surface area contributed by atoms with Crippen molar-refractivity contribution in [2.45, 2.75) is 11.8 Å². The second-order valence-corrected chi connectivity index (χ2v) is 7.76. The number of nitrogens with two attached hydrogens (primary N) is 1. The zero-order valence-electron chi connectivity index (χ0n) is 9.80. The maximum Gasteiger partial charge on any atom is 0.201 e. The molecule has 1 aromatic heterocycles. The number of hydrogen-bond acceptors (Lipinski definition) is 4. The van der Waals surface area contributed by atoms with Crippen LogP contribution in [0.15, 0.2) is 22.7 Å². The Bertz CT molecular complexity index is 564. The Morgan fingerprint density at radius 1 is 1.44 bits per heavy atom. The van der Waals surface area contributed by atoms with Gasteiger partial charge in [-0.25, -0.2) is 4.98 Å². The van der Waals surface area contributed by atoms with E-state index in [1.807, 2.05) is 35.7 Å². The molecule has 0 saturated carbocycles. The smallest absolute Gasteiger partial charge is 0.201 e. The quantitative estimate of drug-likeness (QED) is 0.908. The average Bonchev–Trinajstić information content (AvgIpc) is 2.66. The van der Waals surface area contributed by atoms with Crippen LogP contribution in [0.2, 0.25) is 0 Å². The van der Waals surface area contributed by atoms with E-state index in [4.69, 9.17) is 5.73 Å². The molecule has 2 heterocycles. The number of thioether (sulfide) groups is 2. The highest BCUT2D eigenvalue weighted by molar-refractivity contribution is 9.10. The molecule has 1 fully saturated rings. The summed E-state index contributed by atoms with van der Waals surface area (Å²) in [6.45, 7) is 0.960. The van der Waals surface area contributed by atoms with E-state index in [1.54, 1.807) is 0 Å². The van der Waals surface area contributed by atoms with E-state index in [9.17, 15) is 0 Å². The number of rotatable bonds is 2. The average molecular weight is 344 g/mol. The maximum absolute atomic E-state index is 6.04. The number of imidazole rings is 1. The summed E-state index contributed by atoms with van der Waals surface area (Å²) in [5.41, 5.74) is 8.14. The monoisotopic (exact) mass is 343 g/mol. The minimum Gasteiger partial charge on any atom is -0.369 e. The van der Waals surface area contributed by atoms with E-state index < -0.39 is 0 Å². The molecule has 1 unspecified atom stereocenters. The Kier molecular flexibility index (Phi) is 3.77. The molecule has 0 amide bonds. The number of fused-ring (bicyclic) bond motifs is 1. The largest absolute Gasteiger partial charge is 0.369 e. The Balaban J connectivity index is 1.92. The summed E-state index contributed by atoms with van der Waals surface area (Å²) in [4.78, 5) is 4.43. The molecule has 1 aliphatic heterocycles. The summed E-state index contributed by atoms with van der Waals surface area (Å²) >= 11 is 7.55. The molecule has 0 radical (unpaired) electrons. The lowest BCUT2D eigenvalue weighted by atomic mass is 10.3. The molecular formula is C12H14BrN3S2. The van der Waals surface area contributed by atoms with Gasteiger partial charge in [0.25, 0.3) is 0 Å². The number of anilines is 1. The van der Waals surface area contributed by atoms with Crippen LogP contribution in [-0.4, -0.2) is 32.1 Å². The number of nitrogen functional groups attached to an aromatic ring is 1. The molecule has 1 saturated heterocycles. The summed E-state index contributed by atoms with van der Waals surface area (Å²) in [6, 6.07) is 6.15. The lowest BCUT2D eigenvalue weighted by Crippen LogP contribution is -2.21. The van der Waals surface area contributed by atoms with E-state index in [2.05, 4.69) is 31.5 Å². The van der Waals surface area contributed by atoms with E-state index in [0.717, 1.165) is 22.1 Å². The lowest BCUT2D eigenvalue weighted by molar-refractivity contribution is 0.724. The first-order chi connectivity index (χ1) is 8.74. The van der Waals surface area contributed by atoms with Crippen molar-refractivity contribution in [1.29, 1.82) is 0 Å². The van der Waals surface area contributed by atoms with Gasteiger partial charge in [-0.1, -0.05) is 15.9 Å². The highest BCUT2D eigenvalue weighted by Gasteiger charge is 2.17. The van der Waals surface area contributed by atoms with Crippen LogP contribution >= 0.6 is 39.5 Å². The van der Waals surface area contributed by atoms with Gasteiger partial charge in [-0.15, -0.1) is 0 Å². The van der Waals surface area contributed by atoms with Crippen molar-refractivity contribution in [2.24, 2.45) is 0 Å². The van der Waals surface area contributed by atoms with Crippen molar-refractivity contribution in [3.05, 3.63) is 22.7 Å². The molecule has 2 aromatic rings. The molecular weight excluding hydrogens is 330 g/mol. The van der Waals surface area contributed by atoms with Crippen LogP contribution in [0.1, 0.15) is 0 Å². The normalized spacial score (nSPS) is 20.4. The van der Waals surface area contributed by atoms with Gasteiger partial charge in [0, 0.05) is 33.5 Å². The molecule has 3 rings (SSSR count). The van der Waals surface area contributed by atoms with E-state index in [-0.39, 0.29) is 0 Å². The van der Waals surface area contributed by atoms with Crippen LogP contribution in [0.25, 0.3) is 11.0 Å². The molecule has 3 nitrogen and oxygen atoms in total. The van der Waals surface area contributed by atoms with Crippen LogP contribution in [0.3, 0.4) is 0 Å². The van der Waals surface area contributed by atoms with Gasteiger partial charge < -0.3 is 10.3 Å². The standard InChI is InChI=1S/C12H14BrN3S2/c13-8-1-2-11-10(5-8)15-12(14)16(11)6-9-7-17-3-4-18-9/h1-2,5,9H,3-4,6-7H2,(H2,14,15). The summed E-state index contributed by atoms with van der Waals surface area (Å²) < 4.78 is 3.19. The number of hydrogen-bond donors (Lipinski definition) is 1. The molecule has 1 atom stereocenters. The van der Waals surface area contributed by atoms with Crippen molar-refractivity contribution in [2.75, 3.05) is 23.0 Å². The van der Waals surface area contributed by atoms with Crippen molar-refractivity contribution in [3.63, 3.8) is 0 Å². The van der Waals surface area contributed by atoms with Crippen molar-refractivity contribution in [3.8, 4) is 0 Å². The molecule has 0 spiro atoms. The molecule has 1 aliphatic rings. The highest BCUT2D eigenvalue weighted by Crippen LogP contribution is 2.28. The highest BCUT2D eigenvalue weighted by atomic mass is 79.9. The number of benzene rings is 1. The van der Waals surface area contributed by atoms with Gasteiger partial charge in [-0.3, -0.25) is 0 Å². The molecule has 0 aliphatic carbocycles. The predicted molar refractivity (Wildman–Crippen MR) is 85.4 cm³/mol. The molecule has 2 N–H and O–H groups in total. The van der Waals surface area contributed by atoms with E-state index in [1.165, 1.54) is 17.3 Å². The van der Waals surface area contributed by atoms with E-state index >= 15 is 0 Å². The Morgan fingerprint density at radius 2 is 2.33 bits per heavy atom. The van der Waals surface area contributed by atoms with Crippen LogP contribution in [-0.2, 0) is 6.54 Å². The first-order valence-electron chi connectivity index (χ1n) is 5.84. The first kappa shape index (κ1) is 12.7. The lowest BCUT2D eigenvalue weighted by Gasteiger charge is -2.22. The maximum atomic E-state index is 6.04. The van der Waals surface area contributed by atoms with Crippen LogP contribution < -0.4 is 5.73 Å². The third-order valence-corrected chi connectivity index (χ3v) is 6.33. The zero-order valence-corrected chi connectivity index (χ0v) is 13.0. The van der Waals surface area contributed by atoms with Gasteiger partial charge in [0.2, 0.25) is 5.95 Å². The fraction of sp³-hybridized carbons (Fsp3) is 0.417. The Morgan fingerprint density at radius 3 is 3.11 bits per heavy atom. The van der Waals surface area contributed by atoms with Gasteiger partial charge in [0.1, 0.15) is 0 Å². The Labute approximate surface area is 123 Å². The molecule has 1 aromatic carbocycles.